The molecule has 0 bridgehead atoms. The van der Waals surface area contributed by atoms with E-state index in [2.05, 4.69) is 48.5 Å². The summed E-state index contributed by atoms with van der Waals surface area (Å²) >= 11 is 0. The van der Waals surface area contributed by atoms with Gasteiger partial charge in [-0.15, -0.1) is 0 Å². The van der Waals surface area contributed by atoms with Crippen molar-refractivity contribution in [3.8, 4) is 0 Å². The van der Waals surface area contributed by atoms with Crippen LogP contribution in [0.1, 0.15) is 24.1 Å². The van der Waals surface area contributed by atoms with Gasteiger partial charge >= 0.3 is 0 Å². The highest BCUT2D eigenvalue weighted by atomic mass is 16.3. The summed E-state index contributed by atoms with van der Waals surface area (Å²) in [6.07, 6.45) is 3.49. The van der Waals surface area contributed by atoms with Crippen LogP contribution in [-0.4, -0.2) is 14.1 Å². The molecule has 0 saturated heterocycles. The fourth-order valence-corrected chi connectivity index (χ4v) is 1.93. The highest BCUT2D eigenvalue weighted by molar-refractivity contribution is 5.47. The standard InChI is InChI=1S/C15H20N2O/c1-12(16-2)14-4-6-15(7-5-14)17(3)10-13-8-9-18-11-13/h4-9,11-12,16H,10H2,1-3H3. The quantitative estimate of drug-likeness (QED) is 0.875. The van der Waals surface area contributed by atoms with Crippen molar-refractivity contribution in [3.63, 3.8) is 0 Å². The molecule has 0 amide bonds. The molecule has 3 heteroatoms. The van der Waals surface area contributed by atoms with Crippen LogP contribution in [0.3, 0.4) is 0 Å². The second-order valence-corrected chi connectivity index (χ2v) is 4.59. The molecule has 0 fully saturated rings. The molecular weight excluding hydrogens is 224 g/mol. The second kappa shape index (κ2) is 5.74. The van der Waals surface area contributed by atoms with Gasteiger partial charge in [-0.1, -0.05) is 12.1 Å². The third kappa shape index (κ3) is 2.93. The Balaban J connectivity index is 2.04. The minimum Gasteiger partial charge on any atom is -0.472 e. The number of benzene rings is 1. The minimum atomic E-state index is 0.387. The molecule has 0 radical (unpaired) electrons. The molecule has 2 aromatic rings. The number of hydrogen-bond donors (Lipinski definition) is 1. The van der Waals surface area contributed by atoms with Crippen molar-refractivity contribution < 1.29 is 4.42 Å². The van der Waals surface area contributed by atoms with Gasteiger partial charge in [-0.25, -0.2) is 0 Å². The molecule has 3 nitrogen and oxygen atoms in total. The third-order valence-corrected chi connectivity index (χ3v) is 3.27. The number of furan rings is 1. The first-order valence-electron chi connectivity index (χ1n) is 6.20. The van der Waals surface area contributed by atoms with Crippen molar-refractivity contribution in [3.05, 3.63) is 54.0 Å². The van der Waals surface area contributed by atoms with Crippen molar-refractivity contribution in [2.24, 2.45) is 0 Å². The molecule has 0 aliphatic carbocycles. The molecule has 0 aliphatic rings. The number of rotatable bonds is 5. The van der Waals surface area contributed by atoms with Gasteiger partial charge in [0.05, 0.1) is 12.5 Å². The Morgan fingerprint density at radius 1 is 1.22 bits per heavy atom. The summed E-state index contributed by atoms with van der Waals surface area (Å²) in [4.78, 5) is 2.21. The topological polar surface area (TPSA) is 28.4 Å². The molecule has 0 spiro atoms. The maximum atomic E-state index is 5.08. The molecule has 1 unspecified atom stereocenters. The summed E-state index contributed by atoms with van der Waals surface area (Å²) < 4.78 is 5.08. The zero-order valence-corrected chi connectivity index (χ0v) is 11.2. The molecule has 1 N–H and O–H groups in total. The maximum Gasteiger partial charge on any atom is 0.0952 e. The van der Waals surface area contributed by atoms with Gasteiger partial charge in [0.2, 0.25) is 0 Å². The van der Waals surface area contributed by atoms with E-state index in [0.29, 0.717) is 6.04 Å². The fraction of sp³-hybridized carbons (Fsp3) is 0.333. The van der Waals surface area contributed by atoms with E-state index >= 15 is 0 Å². The Kier molecular flexibility index (Phi) is 4.05. The number of anilines is 1. The summed E-state index contributed by atoms with van der Waals surface area (Å²) in [7, 11) is 4.06. The lowest BCUT2D eigenvalue weighted by Gasteiger charge is -2.19. The molecule has 1 heterocycles. The first kappa shape index (κ1) is 12.7. The summed E-state index contributed by atoms with van der Waals surface area (Å²) in [6.45, 7) is 3.02. The van der Waals surface area contributed by atoms with Crippen molar-refractivity contribution in [1.82, 2.24) is 5.32 Å². The first-order chi connectivity index (χ1) is 8.70. The lowest BCUT2D eigenvalue weighted by molar-refractivity contribution is 0.563. The Bertz CT molecular complexity index is 462. The highest BCUT2D eigenvalue weighted by Crippen LogP contribution is 2.19. The van der Waals surface area contributed by atoms with E-state index in [1.165, 1.54) is 16.8 Å². The van der Waals surface area contributed by atoms with Crippen LogP contribution in [0.15, 0.2) is 47.3 Å². The molecule has 96 valence electrons. The van der Waals surface area contributed by atoms with Gasteiger partial charge < -0.3 is 14.6 Å². The zero-order chi connectivity index (χ0) is 13.0. The lowest BCUT2D eigenvalue weighted by atomic mass is 10.1. The van der Waals surface area contributed by atoms with Crippen LogP contribution in [0.25, 0.3) is 0 Å². The third-order valence-electron chi connectivity index (χ3n) is 3.27. The number of hydrogen-bond acceptors (Lipinski definition) is 3. The van der Waals surface area contributed by atoms with Crippen molar-refractivity contribution in [2.45, 2.75) is 19.5 Å². The fourth-order valence-electron chi connectivity index (χ4n) is 1.93. The van der Waals surface area contributed by atoms with Crippen LogP contribution < -0.4 is 10.2 Å². The molecule has 0 saturated carbocycles. The average molecular weight is 244 g/mol. The molecule has 18 heavy (non-hydrogen) atoms. The number of nitrogens with zero attached hydrogens (tertiary/aromatic N) is 1. The van der Waals surface area contributed by atoms with Crippen molar-refractivity contribution in [1.29, 1.82) is 0 Å². The van der Waals surface area contributed by atoms with Gasteiger partial charge in [-0.3, -0.25) is 0 Å². The molecule has 0 aliphatic heterocycles. The SMILES string of the molecule is CNC(C)c1ccc(N(C)Cc2ccoc2)cc1. The molecule has 1 aromatic carbocycles. The van der Waals surface area contributed by atoms with Crippen molar-refractivity contribution in [2.75, 3.05) is 19.0 Å². The predicted octanol–water partition coefficient (Wildman–Crippen LogP) is 3.20. The van der Waals surface area contributed by atoms with Crippen LogP contribution >= 0.6 is 0 Å². The van der Waals surface area contributed by atoms with Gasteiger partial charge in [0.15, 0.2) is 0 Å². The summed E-state index contributed by atoms with van der Waals surface area (Å²) in [5.74, 6) is 0. The van der Waals surface area contributed by atoms with Crippen molar-refractivity contribution >= 4 is 5.69 Å². The summed E-state index contributed by atoms with van der Waals surface area (Å²) in [5.41, 5.74) is 3.70. The van der Waals surface area contributed by atoms with E-state index in [1.54, 1.807) is 12.5 Å². The van der Waals surface area contributed by atoms with Gasteiger partial charge in [0.1, 0.15) is 0 Å². The van der Waals surface area contributed by atoms with Crippen LogP contribution in [-0.2, 0) is 6.54 Å². The summed E-state index contributed by atoms with van der Waals surface area (Å²) in [5, 5.41) is 3.24. The van der Waals surface area contributed by atoms with E-state index < -0.39 is 0 Å². The lowest BCUT2D eigenvalue weighted by Crippen LogP contribution is -2.16. The normalized spacial score (nSPS) is 12.4. The van der Waals surface area contributed by atoms with E-state index in [0.717, 1.165) is 6.54 Å². The molecule has 1 atom stereocenters. The second-order valence-electron chi connectivity index (χ2n) is 4.59. The van der Waals surface area contributed by atoms with Gasteiger partial charge in [-0.2, -0.15) is 0 Å². The predicted molar refractivity (Wildman–Crippen MR) is 74.7 cm³/mol. The Labute approximate surface area is 108 Å². The van der Waals surface area contributed by atoms with E-state index in [4.69, 9.17) is 4.42 Å². The van der Waals surface area contributed by atoms with E-state index in [-0.39, 0.29) is 0 Å². The van der Waals surface area contributed by atoms with Crippen LogP contribution in [0.4, 0.5) is 5.69 Å². The Hall–Kier alpha value is -1.74. The average Bonchev–Trinajstić information content (AvgIpc) is 2.91. The van der Waals surface area contributed by atoms with E-state index in [1.807, 2.05) is 13.1 Å². The van der Waals surface area contributed by atoms with Crippen LogP contribution in [0.2, 0.25) is 0 Å². The molecule has 2 rings (SSSR count). The highest BCUT2D eigenvalue weighted by Gasteiger charge is 2.05. The Morgan fingerprint density at radius 2 is 1.94 bits per heavy atom. The van der Waals surface area contributed by atoms with Gasteiger partial charge in [0.25, 0.3) is 0 Å². The maximum absolute atomic E-state index is 5.08. The largest absolute Gasteiger partial charge is 0.472 e. The molecule has 1 aromatic heterocycles. The van der Waals surface area contributed by atoms with Gasteiger partial charge in [-0.05, 0) is 37.7 Å². The summed E-state index contributed by atoms with van der Waals surface area (Å²) in [6, 6.07) is 11.0. The zero-order valence-electron chi connectivity index (χ0n) is 11.2. The monoisotopic (exact) mass is 244 g/mol. The van der Waals surface area contributed by atoms with E-state index in [9.17, 15) is 0 Å². The van der Waals surface area contributed by atoms with Crippen LogP contribution in [0, 0.1) is 0 Å². The first-order valence-corrected chi connectivity index (χ1v) is 6.20. The van der Waals surface area contributed by atoms with Gasteiger partial charge in [0, 0.05) is 30.9 Å². The Morgan fingerprint density at radius 3 is 2.50 bits per heavy atom. The minimum absolute atomic E-state index is 0.387. The number of nitrogens with one attached hydrogen (secondary N) is 1. The van der Waals surface area contributed by atoms with Crippen LogP contribution in [0.5, 0.6) is 0 Å². The smallest absolute Gasteiger partial charge is 0.0952 e. The molecular formula is C15H20N2O.